The van der Waals surface area contributed by atoms with Crippen LogP contribution >= 0.6 is 31.9 Å². The van der Waals surface area contributed by atoms with Gasteiger partial charge in [-0.25, -0.2) is 0 Å². The van der Waals surface area contributed by atoms with E-state index in [4.69, 9.17) is 4.74 Å². The van der Waals surface area contributed by atoms with Crippen LogP contribution in [-0.4, -0.2) is 10.9 Å². The molecule has 2 atom stereocenters. The molecule has 0 N–H and O–H groups in total. The SMILES string of the molecule is Cc1cc(OC2CC(Br)C2(C)C)ccc1Br. The zero-order valence-corrected chi connectivity index (χ0v) is 12.9. The van der Waals surface area contributed by atoms with Gasteiger partial charge in [-0.3, -0.25) is 0 Å². The smallest absolute Gasteiger partial charge is 0.120 e. The second-order valence-electron chi connectivity index (χ2n) is 5.04. The van der Waals surface area contributed by atoms with Crippen LogP contribution < -0.4 is 4.74 Å². The molecule has 0 spiro atoms. The van der Waals surface area contributed by atoms with Crippen LogP contribution in [0, 0.1) is 12.3 Å². The maximum absolute atomic E-state index is 6.02. The highest BCUT2D eigenvalue weighted by Gasteiger charge is 2.48. The van der Waals surface area contributed by atoms with Crippen LogP contribution in [0.15, 0.2) is 22.7 Å². The van der Waals surface area contributed by atoms with Crippen molar-refractivity contribution in [1.82, 2.24) is 0 Å². The summed E-state index contributed by atoms with van der Waals surface area (Å²) in [4.78, 5) is 0.571. The summed E-state index contributed by atoms with van der Waals surface area (Å²) in [5.41, 5.74) is 1.44. The summed E-state index contributed by atoms with van der Waals surface area (Å²) in [5, 5.41) is 0. The fraction of sp³-hybridized carbons (Fsp3) is 0.538. The highest BCUT2D eigenvalue weighted by atomic mass is 79.9. The van der Waals surface area contributed by atoms with Gasteiger partial charge in [0.05, 0.1) is 0 Å². The normalized spacial score (nSPS) is 27.3. The Kier molecular flexibility index (Phi) is 3.37. The molecule has 0 amide bonds. The van der Waals surface area contributed by atoms with Gasteiger partial charge in [-0.15, -0.1) is 0 Å². The summed E-state index contributed by atoms with van der Waals surface area (Å²) < 4.78 is 7.15. The monoisotopic (exact) mass is 346 g/mol. The molecular formula is C13H16Br2O. The summed E-state index contributed by atoms with van der Waals surface area (Å²) in [6, 6.07) is 6.15. The third-order valence-corrected chi connectivity index (χ3v) is 5.91. The molecule has 0 saturated heterocycles. The van der Waals surface area contributed by atoms with E-state index < -0.39 is 0 Å². The van der Waals surface area contributed by atoms with E-state index in [1.165, 1.54) is 5.56 Å². The van der Waals surface area contributed by atoms with Crippen LogP contribution in [0.1, 0.15) is 25.8 Å². The molecule has 0 bridgehead atoms. The molecule has 1 saturated carbocycles. The van der Waals surface area contributed by atoms with E-state index in [0.29, 0.717) is 10.9 Å². The predicted octanol–water partition coefficient (Wildman–Crippen LogP) is 4.70. The molecule has 1 aromatic carbocycles. The Hall–Kier alpha value is -0.0200. The van der Waals surface area contributed by atoms with Gasteiger partial charge in [0, 0.05) is 14.7 Å². The molecule has 2 rings (SSSR count). The number of halogens is 2. The number of ether oxygens (including phenoxy) is 1. The Bertz CT molecular complexity index is 401. The van der Waals surface area contributed by atoms with E-state index in [1.54, 1.807) is 0 Å². The van der Waals surface area contributed by atoms with Gasteiger partial charge < -0.3 is 4.74 Å². The Morgan fingerprint density at radius 3 is 2.56 bits per heavy atom. The Morgan fingerprint density at radius 2 is 2.06 bits per heavy atom. The lowest BCUT2D eigenvalue weighted by Gasteiger charge is -2.48. The highest BCUT2D eigenvalue weighted by Crippen LogP contribution is 2.47. The molecule has 16 heavy (non-hydrogen) atoms. The first-order valence-corrected chi connectivity index (χ1v) is 7.19. The van der Waals surface area contributed by atoms with Crippen molar-refractivity contribution >= 4 is 31.9 Å². The van der Waals surface area contributed by atoms with Crippen LogP contribution in [-0.2, 0) is 0 Å². The molecule has 1 nitrogen and oxygen atoms in total. The van der Waals surface area contributed by atoms with Crippen molar-refractivity contribution in [3.63, 3.8) is 0 Å². The van der Waals surface area contributed by atoms with Crippen LogP contribution in [0.3, 0.4) is 0 Å². The topological polar surface area (TPSA) is 9.23 Å². The molecule has 3 heteroatoms. The third kappa shape index (κ3) is 2.17. The van der Waals surface area contributed by atoms with E-state index in [1.807, 2.05) is 12.1 Å². The van der Waals surface area contributed by atoms with Gasteiger partial charge in [0.2, 0.25) is 0 Å². The van der Waals surface area contributed by atoms with Crippen molar-refractivity contribution in [2.75, 3.05) is 0 Å². The van der Waals surface area contributed by atoms with Gasteiger partial charge in [-0.1, -0.05) is 45.7 Å². The van der Waals surface area contributed by atoms with Gasteiger partial charge in [0.15, 0.2) is 0 Å². The molecule has 1 aromatic rings. The van der Waals surface area contributed by atoms with Gasteiger partial charge in [-0.05, 0) is 37.1 Å². The van der Waals surface area contributed by atoms with E-state index in [0.717, 1.165) is 16.6 Å². The summed E-state index contributed by atoms with van der Waals surface area (Å²) in [6.45, 7) is 6.56. The van der Waals surface area contributed by atoms with Gasteiger partial charge in [0.1, 0.15) is 11.9 Å². The van der Waals surface area contributed by atoms with E-state index in [9.17, 15) is 0 Å². The van der Waals surface area contributed by atoms with Crippen molar-refractivity contribution in [2.24, 2.45) is 5.41 Å². The highest BCUT2D eigenvalue weighted by molar-refractivity contribution is 9.10. The van der Waals surface area contributed by atoms with Crippen molar-refractivity contribution < 1.29 is 4.74 Å². The van der Waals surface area contributed by atoms with Crippen molar-refractivity contribution in [3.8, 4) is 5.75 Å². The average molecular weight is 348 g/mol. The Balaban J connectivity index is 2.08. The first-order valence-electron chi connectivity index (χ1n) is 5.48. The summed E-state index contributed by atoms with van der Waals surface area (Å²) in [5.74, 6) is 0.971. The first-order chi connectivity index (χ1) is 7.41. The second-order valence-corrected chi connectivity index (χ2v) is 7.00. The van der Waals surface area contributed by atoms with E-state index in [-0.39, 0.29) is 5.41 Å². The van der Waals surface area contributed by atoms with Gasteiger partial charge >= 0.3 is 0 Å². The van der Waals surface area contributed by atoms with Crippen molar-refractivity contribution in [1.29, 1.82) is 0 Å². The molecule has 0 aromatic heterocycles. The Morgan fingerprint density at radius 1 is 1.38 bits per heavy atom. The lowest BCUT2D eigenvalue weighted by atomic mass is 9.69. The van der Waals surface area contributed by atoms with E-state index >= 15 is 0 Å². The molecule has 1 aliphatic carbocycles. The van der Waals surface area contributed by atoms with Crippen LogP contribution in [0.4, 0.5) is 0 Å². The van der Waals surface area contributed by atoms with Crippen LogP contribution in [0.25, 0.3) is 0 Å². The molecule has 2 unspecified atom stereocenters. The lowest BCUT2D eigenvalue weighted by Crippen LogP contribution is -2.53. The summed E-state index contributed by atoms with van der Waals surface area (Å²) in [6.07, 6.45) is 1.40. The second kappa shape index (κ2) is 4.34. The Labute approximate surface area is 114 Å². The van der Waals surface area contributed by atoms with Gasteiger partial charge in [-0.2, -0.15) is 0 Å². The zero-order valence-electron chi connectivity index (χ0n) is 9.76. The number of benzene rings is 1. The number of aryl methyl sites for hydroxylation is 1. The zero-order chi connectivity index (χ0) is 11.9. The molecule has 0 heterocycles. The van der Waals surface area contributed by atoms with Crippen molar-refractivity contribution in [3.05, 3.63) is 28.2 Å². The fourth-order valence-corrected chi connectivity index (χ4v) is 2.77. The molecule has 0 aliphatic heterocycles. The minimum atomic E-state index is 0.223. The maximum atomic E-state index is 6.02. The number of alkyl halides is 1. The standard InChI is InChI=1S/C13H16Br2O/c1-8-6-9(4-5-10(8)14)16-12-7-11(15)13(12,2)3/h4-6,11-12H,7H2,1-3H3. The van der Waals surface area contributed by atoms with Crippen molar-refractivity contribution in [2.45, 2.75) is 38.1 Å². The lowest BCUT2D eigenvalue weighted by molar-refractivity contribution is -0.00783. The molecule has 1 aliphatic rings. The van der Waals surface area contributed by atoms with Gasteiger partial charge in [0.25, 0.3) is 0 Å². The van der Waals surface area contributed by atoms with Crippen LogP contribution in [0.5, 0.6) is 5.75 Å². The number of hydrogen-bond donors (Lipinski definition) is 0. The van der Waals surface area contributed by atoms with Crippen LogP contribution in [0.2, 0.25) is 0 Å². The fourth-order valence-electron chi connectivity index (χ4n) is 1.89. The quantitative estimate of drug-likeness (QED) is 0.704. The average Bonchev–Trinajstić information content (AvgIpc) is 2.23. The number of hydrogen-bond acceptors (Lipinski definition) is 1. The third-order valence-electron chi connectivity index (χ3n) is 3.47. The van der Waals surface area contributed by atoms with E-state index in [2.05, 4.69) is 58.7 Å². The maximum Gasteiger partial charge on any atom is 0.120 e. The first kappa shape index (κ1) is 12.4. The largest absolute Gasteiger partial charge is 0.490 e. The number of rotatable bonds is 2. The predicted molar refractivity (Wildman–Crippen MR) is 74.4 cm³/mol. The molecule has 0 radical (unpaired) electrons. The molecular weight excluding hydrogens is 332 g/mol. The minimum absolute atomic E-state index is 0.223. The summed E-state index contributed by atoms with van der Waals surface area (Å²) >= 11 is 7.17. The molecule has 88 valence electrons. The summed E-state index contributed by atoms with van der Waals surface area (Å²) in [7, 11) is 0. The molecule has 1 fully saturated rings. The minimum Gasteiger partial charge on any atom is -0.490 e.